The topological polar surface area (TPSA) is 18.5 Å². The number of rotatable bonds is 0. The van der Waals surface area contributed by atoms with Gasteiger partial charge in [-0.3, -0.25) is 0 Å². The summed E-state index contributed by atoms with van der Waals surface area (Å²) in [7, 11) is 9.00. The Morgan fingerprint density at radius 2 is 1.00 bits per heavy atom. The van der Waals surface area contributed by atoms with Crippen LogP contribution < -0.4 is 0 Å². The van der Waals surface area contributed by atoms with Crippen LogP contribution in [-0.2, 0) is 42.2 Å². The van der Waals surface area contributed by atoms with Gasteiger partial charge < -0.3 is 9.47 Å². The van der Waals surface area contributed by atoms with Gasteiger partial charge in [0.25, 0.3) is 0 Å². The summed E-state index contributed by atoms with van der Waals surface area (Å²) < 4.78 is 8.00. The van der Waals surface area contributed by atoms with Crippen molar-refractivity contribution in [3.8, 4) is 0 Å². The van der Waals surface area contributed by atoms with Crippen molar-refractivity contribution in [1.82, 2.24) is 0 Å². The summed E-state index contributed by atoms with van der Waals surface area (Å²) in [4.78, 5) is 0. The molecule has 0 saturated heterocycles. The molecule has 0 saturated carbocycles. The minimum atomic E-state index is 0. The largest absolute Gasteiger partial charge is 3.00 e. The van der Waals surface area contributed by atoms with Gasteiger partial charge in [0.1, 0.15) is 0 Å². The second-order valence-corrected chi connectivity index (χ2v) is 0.577. The van der Waals surface area contributed by atoms with E-state index in [1.54, 1.807) is 0 Å². The Morgan fingerprint density at radius 1 is 1.00 bits per heavy atom. The Morgan fingerprint density at radius 3 is 1.00 bits per heavy atom. The minimum Gasteiger partial charge on any atom is -0.557 e. The summed E-state index contributed by atoms with van der Waals surface area (Å²) in [6.45, 7) is 0. The fraction of sp³-hybridized carbons (Fsp3) is 0.500. The molecule has 0 fully saturated rings. The maximum atomic E-state index is 4.00. The van der Waals surface area contributed by atoms with Gasteiger partial charge in [-0.2, -0.15) is 0 Å². The first-order valence-corrected chi connectivity index (χ1v) is 1.39. The number of ether oxygens (including phenoxy) is 2. The molecule has 0 bridgehead atoms. The van der Waals surface area contributed by atoms with Crippen molar-refractivity contribution < 1.29 is 42.2 Å². The Kier molecular flexibility index (Phi) is 62.5. The van der Waals surface area contributed by atoms with Crippen molar-refractivity contribution in [2.75, 3.05) is 14.2 Å². The first kappa shape index (κ1) is 15.7. The molecular weight excluding hydrogens is 169 g/mol. The van der Waals surface area contributed by atoms with E-state index >= 15 is 0 Å². The molecule has 0 aromatic heterocycles. The van der Waals surface area contributed by atoms with Crippen LogP contribution in [0.1, 0.15) is 0 Å². The van der Waals surface area contributed by atoms with Gasteiger partial charge in [-0.05, 0) is 14.2 Å². The molecule has 0 N–H and O–H groups in total. The van der Waals surface area contributed by atoms with Crippen LogP contribution in [0.25, 0.3) is 0 Å². The van der Waals surface area contributed by atoms with Crippen LogP contribution in [0.4, 0.5) is 0 Å². The molecule has 3 heteroatoms. The van der Waals surface area contributed by atoms with Crippen LogP contribution in [0.3, 0.4) is 0 Å². The second-order valence-electron chi connectivity index (χ2n) is 0.577. The van der Waals surface area contributed by atoms with E-state index in [1.807, 2.05) is 0 Å². The molecule has 0 unspecified atom stereocenters. The maximum absolute atomic E-state index is 4.00. The first-order chi connectivity index (χ1) is 2.83. The van der Waals surface area contributed by atoms with E-state index in [4.69, 9.17) is 0 Å². The van der Waals surface area contributed by atoms with Crippen LogP contribution in [-0.4, -0.2) is 14.2 Å². The van der Waals surface area contributed by atoms with Gasteiger partial charge in [0.05, 0.1) is 0 Å². The van der Waals surface area contributed by atoms with Gasteiger partial charge in [-0.25, -0.2) is 14.2 Å². The molecule has 0 spiro atoms. The first-order valence-electron chi connectivity index (χ1n) is 1.39. The number of methoxy groups -OCH3 is 2. The monoisotopic (exact) mass is 179 g/mol. The molecule has 0 aliphatic rings. The molecule has 0 aromatic carbocycles. The molecule has 0 heterocycles. The quantitative estimate of drug-likeness (QED) is 0.513. The molecule has 40 valence electrons. The molecule has 2 nitrogen and oxygen atoms in total. The molecule has 0 amide bonds. The summed E-state index contributed by atoms with van der Waals surface area (Å²) in [6, 6.07) is 0. The van der Waals surface area contributed by atoms with Crippen LogP contribution in [0.2, 0.25) is 0 Å². The minimum absolute atomic E-state index is 0. The van der Waals surface area contributed by atoms with E-state index in [-0.39, 0.29) is 32.7 Å². The summed E-state index contributed by atoms with van der Waals surface area (Å²) >= 11 is 0. The molecule has 0 aliphatic heterocycles. The molecule has 7 heavy (non-hydrogen) atoms. The van der Waals surface area contributed by atoms with Crippen molar-refractivity contribution in [3.63, 3.8) is 0 Å². The maximum Gasteiger partial charge on any atom is 3.00 e. The number of hydrogen-bond acceptors (Lipinski definition) is 2. The van der Waals surface area contributed by atoms with Crippen LogP contribution in [0, 0.1) is 14.2 Å². The average molecular weight is 179 g/mol. The van der Waals surface area contributed by atoms with Gasteiger partial charge in [-0.1, -0.05) is 0 Å². The zero-order valence-corrected chi connectivity index (χ0v) is 7.65. The fourth-order valence-corrected chi connectivity index (χ4v) is 0. The summed E-state index contributed by atoms with van der Waals surface area (Å²) in [5.41, 5.74) is 0. The van der Waals surface area contributed by atoms with Crippen molar-refractivity contribution in [2.24, 2.45) is 0 Å². The van der Waals surface area contributed by atoms with E-state index in [0.717, 1.165) is 0 Å². The third-order valence-electron chi connectivity index (χ3n) is 0. The normalized spacial score (nSPS) is 5.14. The standard InChI is InChI=1S/2C2H5O.Y/c2*1-3-2;/h2*1H2,2H3;/q2*-1;+3. The van der Waals surface area contributed by atoms with Crippen molar-refractivity contribution in [2.45, 2.75) is 0 Å². The van der Waals surface area contributed by atoms with Crippen molar-refractivity contribution >= 4 is 0 Å². The van der Waals surface area contributed by atoms with Gasteiger partial charge in [0.15, 0.2) is 0 Å². The van der Waals surface area contributed by atoms with E-state index in [0.29, 0.717) is 0 Å². The third kappa shape index (κ3) is 169. The van der Waals surface area contributed by atoms with Gasteiger partial charge in [0.2, 0.25) is 0 Å². The zero-order valence-electron chi connectivity index (χ0n) is 4.81. The van der Waals surface area contributed by atoms with E-state index < -0.39 is 0 Å². The molecule has 0 radical (unpaired) electrons. The van der Waals surface area contributed by atoms with Gasteiger partial charge in [0, 0.05) is 0 Å². The van der Waals surface area contributed by atoms with Crippen molar-refractivity contribution in [1.29, 1.82) is 0 Å². The van der Waals surface area contributed by atoms with E-state index in [2.05, 4.69) is 23.7 Å². The van der Waals surface area contributed by atoms with Crippen LogP contribution >= 0.6 is 0 Å². The predicted octanol–water partition coefficient (Wildman–Crippen LogP) is 0.846. The number of hydrogen-bond donors (Lipinski definition) is 0. The smallest absolute Gasteiger partial charge is 0.557 e. The Balaban J connectivity index is -0.0000000400. The summed E-state index contributed by atoms with van der Waals surface area (Å²) in [5, 5.41) is 0. The summed E-state index contributed by atoms with van der Waals surface area (Å²) in [6.07, 6.45) is 0. The van der Waals surface area contributed by atoms with Crippen LogP contribution in [0.15, 0.2) is 0 Å². The average Bonchev–Trinajstić information content (AvgIpc) is 1.39. The predicted molar refractivity (Wildman–Crippen MR) is 24.7 cm³/mol. The van der Waals surface area contributed by atoms with Crippen molar-refractivity contribution in [3.05, 3.63) is 14.2 Å². The van der Waals surface area contributed by atoms with Gasteiger partial charge in [-0.15, -0.1) is 0 Å². The Hall–Kier alpha value is 1.02. The molecule has 0 aliphatic carbocycles. The molecule has 0 aromatic rings. The molecule has 0 rings (SSSR count). The SMILES string of the molecule is [CH2-]OC.[CH2-]OC.[Y+3]. The zero-order chi connectivity index (χ0) is 5.41. The fourth-order valence-electron chi connectivity index (χ4n) is 0. The van der Waals surface area contributed by atoms with E-state index in [1.165, 1.54) is 14.2 Å². The van der Waals surface area contributed by atoms with E-state index in [9.17, 15) is 0 Å². The molecule has 0 atom stereocenters. The van der Waals surface area contributed by atoms with Crippen LogP contribution in [0.5, 0.6) is 0 Å². The van der Waals surface area contributed by atoms with Gasteiger partial charge >= 0.3 is 32.7 Å². The second kappa shape index (κ2) is 27.9. The summed E-state index contributed by atoms with van der Waals surface area (Å²) in [5.74, 6) is 0. The Bertz CT molecular complexity index is 11.7. The third-order valence-corrected chi connectivity index (χ3v) is 0. The Labute approximate surface area is 70.5 Å². The molecular formula is C4H10O2Y+.